The van der Waals surface area contributed by atoms with Crippen LogP contribution in [0.1, 0.15) is 20.0 Å². The summed E-state index contributed by atoms with van der Waals surface area (Å²) in [6.07, 6.45) is 0. The molecule has 0 aliphatic rings. The molecule has 1 aromatic carbocycles. The average molecular weight is 333 g/mol. The van der Waals surface area contributed by atoms with E-state index < -0.39 is 13.9 Å². The van der Waals surface area contributed by atoms with Crippen molar-refractivity contribution >= 4 is 8.03 Å². The molecule has 0 saturated heterocycles. The predicted molar refractivity (Wildman–Crippen MR) is 51.5 cm³/mol. The molecule has 18 heavy (non-hydrogen) atoms. The first-order chi connectivity index (χ1) is 5.22. The van der Waals surface area contributed by atoms with Gasteiger partial charge in [-0.05, 0) is 4.57 Å². The van der Waals surface area contributed by atoms with Crippen LogP contribution >= 0.6 is 8.03 Å². The summed E-state index contributed by atoms with van der Waals surface area (Å²) < 4.78 is 10.4. The number of aliphatic hydroxyl groups is 1. The van der Waals surface area contributed by atoms with Crippen molar-refractivity contribution in [3.05, 3.63) is 35.9 Å². The summed E-state index contributed by atoms with van der Waals surface area (Å²) in [5.74, 6) is -1.26. The van der Waals surface area contributed by atoms with Crippen LogP contribution < -0.4 is 177 Å². The number of hydrogen-bond donors (Lipinski definition) is 2. The topological polar surface area (TPSA) is 89.0 Å². The van der Waals surface area contributed by atoms with E-state index >= 15 is 0 Å². The van der Waals surface area contributed by atoms with Crippen molar-refractivity contribution in [3.63, 3.8) is 0 Å². The second-order valence-corrected chi connectivity index (χ2v) is 3.18. The van der Waals surface area contributed by atoms with Crippen molar-refractivity contribution in [1.29, 1.82) is 0 Å². The van der Waals surface area contributed by atoms with Gasteiger partial charge in [-0.15, -0.1) is 0 Å². The fraction of sp³-hybridized carbons (Fsp3) is 0.143. The van der Waals surface area contributed by atoms with Crippen LogP contribution in [-0.4, -0.2) is 15.5 Å². The average Bonchev–Trinajstić information content (AvgIpc) is 2.05. The second-order valence-electron chi connectivity index (χ2n) is 2.09. The summed E-state index contributed by atoms with van der Waals surface area (Å²) in [5, 5.41) is 9.06. The van der Waals surface area contributed by atoms with Crippen molar-refractivity contribution in [2.45, 2.75) is 5.85 Å². The molecule has 0 heterocycles. The SMILES string of the molecule is O.O=[P+](O)C(O)c1ccccc1.[H-].[H-].[H-].[H-].[H-].[H-].[Na+].[Na+].[Na+].[Na+].[Na+].[Na+]. The van der Waals surface area contributed by atoms with Crippen LogP contribution in [0.25, 0.3) is 0 Å². The van der Waals surface area contributed by atoms with Gasteiger partial charge < -0.3 is 19.1 Å². The Kier molecular flexibility index (Phi) is 65.5. The normalized spacial score (nSPS) is 8.67. The van der Waals surface area contributed by atoms with Gasteiger partial charge in [0.05, 0.1) is 0 Å². The molecule has 0 fully saturated rings. The quantitative estimate of drug-likeness (QED) is 0.416. The number of benzene rings is 1. The van der Waals surface area contributed by atoms with Gasteiger partial charge in [-0.25, -0.2) is 0 Å². The van der Waals surface area contributed by atoms with Gasteiger partial charge in [-0.3, -0.25) is 0 Å². The monoisotopic (exact) mass is 333 g/mol. The van der Waals surface area contributed by atoms with Gasteiger partial charge in [0.1, 0.15) is 0 Å². The van der Waals surface area contributed by atoms with Crippen LogP contribution in [-0.2, 0) is 4.57 Å². The minimum absolute atomic E-state index is 0. The van der Waals surface area contributed by atoms with Crippen LogP contribution in [0.3, 0.4) is 0 Å². The maximum absolute atomic E-state index is 10.4. The Bertz CT molecular complexity index is 285. The van der Waals surface area contributed by atoms with Crippen LogP contribution in [0.5, 0.6) is 0 Å². The molecule has 0 bridgehead atoms. The molecule has 1 rings (SSSR count). The summed E-state index contributed by atoms with van der Waals surface area (Å²) in [5.41, 5.74) is 0.469. The van der Waals surface area contributed by atoms with Gasteiger partial charge in [-0.2, -0.15) is 4.89 Å². The van der Waals surface area contributed by atoms with Crippen LogP contribution in [0.4, 0.5) is 0 Å². The van der Waals surface area contributed by atoms with Gasteiger partial charge in [0.2, 0.25) is 0 Å². The standard InChI is InChI=1S/C7H7O3P.6Na.H2O.6H/c8-7(11(9)10)6-4-2-1-3-5-6;;;;;;;;;;;;;/h1-5,7-8H;;;;;;;1H2;;;;;;/q;6*+1;;6*-1/p+1. The Hall–Kier alpha value is 5.20. The first kappa shape index (κ1) is 43.6. The van der Waals surface area contributed by atoms with Crippen molar-refractivity contribution < 1.29 is 206 Å². The van der Waals surface area contributed by atoms with E-state index in [1.807, 2.05) is 0 Å². The molecule has 2 atom stereocenters. The zero-order chi connectivity index (χ0) is 8.27. The molecule has 1 aromatic rings. The molecule has 0 amide bonds. The number of aliphatic hydroxyl groups excluding tert-OH is 1. The molecule has 4 N–H and O–H groups in total. The minimum Gasteiger partial charge on any atom is -1.00 e. The molecule has 0 aromatic heterocycles. The van der Waals surface area contributed by atoms with Gasteiger partial charge in [-0.1, -0.05) is 30.3 Å². The maximum Gasteiger partial charge on any atom is 1.00 e. The van der Waals surface area contributed by atoms with Crippen LogP contribution in [0, 0.1) is 0 Å². The molecule has 0 spiro atoms. The summed E-state index contributed by atoms with van der Waals surface area (Å²) in [6.45, 7) is 0. The van der Waals surface area contributed by atoms with Crippen molar-refractivity contribution in [1.82, 2.24) is 0 Å². The fourth-order valence-corrected chi connectivity index (χ4v) is 1.18. The number of hydrogen-bond acceptors (Lipinski definition) is 2. The molecule has 0 aliphatic carbocycles. The largest absolute Gasteiger partial charge is 1.00 e. The van der Waals surface area contributed by atoms with Gasteiger partial charge >= 0.3 is 191 Å². The third-order valence-electron chi connectivity index (χ3n) is 1.31. The summed E-state index contributed by atoms with van der Waals surface area (Å²) in [6, 6.07) is 8.40. The van der Waals surface area contributed by atoms with E-state index in [0.717, 1.165) is 0 Å². The van der Waals surface area contributed by atoms with E-state index in [2.05, 4.69) is 0 Å². The Morgan fingerprint density at radius 3 is 1.56 bits per heavy atom. The fourth-order valence-electron chi connectivity index (χ4n) is 0.753. The molecule has 78 valence electrons. The Balaban J connectivity index is -0.00000000846. The van der Waals surface area contributed by atoms with Crippen molar-refractivity contribution in [2.24, 2.45) is 0 Å². The van der Waals surface area contributed by atoms with E-state index in [0.29, 0.717) is 5.56 Å². The summed E-state index contributed by atoms with van der Waals surface area (Å²) in [4.78, 5) is 8.53. The third-order valence-corrected chi connectivity index (χ3v) is 2.02. The van der Waals surface area contributed by atoms with E-state index in [-0.39, 0.29) is 191 Å². The smallest absolute Gasteiger partial charge is 1.00 e. The summed E-state index contributed by atoms with van der Waals surface area (Å²) in [7, 11) is -2.53. The van der Waals surface area contributed by atoms with E-state index in [1.54, 1.807) is 30.3 Å². The zero-order valence-corrected chi connectivity index (χ0v) is 25.1. The number of rotatable bonds is 2. The first-order valence-electron chi connectivity index (χ1n) is 3.10. The third kappa shape index (κ3) is 19.2. The minimum atomic E-state index is -2.53. The van der Waals surface area contributed by atoms with Gasteiger partial charge in [0.25, 0.3) is 0 Å². The molecule has 0 aliphatic heterocycles. The van der Waals surface area contributed by atoms with E-state index in [4.69, 9.17) is 10.00 Å². The molecular formula is C7H16Na6O4P+. The summed E-state index contributed by atoms with van der Waals surface area (Å²) >= 11 is 0. The van der Waals surface area contributed by atoms with Crippen molar-refractivity contribution in [2.75, 3.05) is 0 Å². The zero-order valence-electron chi connectivity index (χ0n) is 18.2. The predicted octanol–water partition coefficient (Wildman–Crippen LogP) is -16.7. The molecule has 4 nitrogen and oxygen atoms in total. The Morgan fingerprint density at radius 1 is 0.944 bits per heavy atom. The van der Waals surface area contributed by atoms with Crippen LogP contribution in [0.15, 0.2) is 30.3 Å². The van der Waals surface area contributed by atoms with E-state index in [9.17, 15) is 4.57 Å². The molecule has 11 heteroatoms. The maximum atomic E-state index is 10.4. The van der Waals surface area contributed by atoms with Crippen LogP contribution in [0.2, 0.25) is 0 Å². The van der Waals surface area contributed by atoms with Gasteiger partial charge in [0, 0.05) is 5.56 Å². The Labute approximate surface area is 250 Å². The van der Waals surface area contributed by atoms with E-state index in [1.165, 1.54) is 0 Å². The molecule has 2 unspecified atom stereocenters. The molecule has 0 radical (unpaired) electrons. The van der Waals surface area contributed by atoms with Gasteiger partial charge in [0.15, 0.2) is 0 Å². The first-order valence-corrected chi connectivity index (χ1v) is 4.38. The Morgan fingerprint density at radius 2 is 1.28 bits per heavy atom. The van der Waals surface area contributed by atoms with Crippen molar-refractivity contribution in [3.8, 4) is 0 Å². The second kappa shape index (κ2) is 27.1. The molecular weight excluding hydrogens is 317 g/mol. The molecule has 0 saturated carbocycles.